The number of aromatic nitrogens is 2. The third-order valence-corrected chi connectivity index (χ3v) is 6.21. The van der Waals surface area contributed by atoms with Crippen molar-refractivity contribution >= 4 is 27.5 Å². The van der Waals surface area contributed by atoms with Gasteiger partial charge >= 0.3 is 0 Å². The van der Waals surface area contributed by atoms with Gasteiger partial charge in [0.2, 0.25) is 0 Å². The van der Waals surface area contributed by atoms with Gasteiger partial charge in [-0.1, -0.05) is 36.4 Å². The summed E-state index contributed by atoms with van der Waals surface area (Å²) in [6, 6.07) is 17.9. The first-order valence-electron chi connectivity index (χ1n) is 9.85. The number of hydrogen-bond donors (Lipinski definition) is 1. The van der Waals surface area contributed by atoms with Crippen molar-refractivity contribution in [3.05, 3.63) is 76.3 Å². The van der Waals surface area contributed by atoms with Gasteiger partial charge in [0, 0.05) is 11.9 Å². The van der Waals surface area contributed by atoms with Crippen molar-refractivity contribution in [1.29, 1.82) is 0 Å². The summed E-state index contributed by atoms with van der Waals surface area (Å²) in [5.74, 6) is 1.39. The molecular weight excluding hydrogens is 398 g/mol. The van der Waals surface area contributed by atoms with Crippen molar-refractivity contribution in [2.24, 2.45) is 0 Å². The topological polar surface area (TPSA) is 65.4 Å². The van der Waals surface area contributed by atoms with E-state index in [-0.39, 0.29) is 5.91 Å². The quantitative estimate of drug-likeness (QED) is 0.528. The maximum atomic E-state index is 12.8. The Morgan fingerprint density at radius 2 is 1.87 bits per heavy atom. The Kier molecular flexibility index (Phi) is 4.88. The number of fused-ring (bicyclic) bond motifs is 2. The molecule has 0 radical (unpaired) electrons. The van der Waals surface area contributed by atoms with Crippen LogP contribution in [0.4, 0.5) is 0 Å². The molecular formula is C23H21N3O3S. The smallest absolute Gasteiger partial charge is 0.261 e. The highest BCUT2D eigenvalue weighted by Gasteiger charge is 2.17. The molecule has 4 aromatic rings. The van der Waals surface area contributed by atoms with Gasteiger partial charge in [-0.2, -0.15) is 5.10 Å². The van der Waals surface area contributed by atoms with Gasteiger partial charge in [0.1, 0.15) is 18.0 Å². The zero-order valence-corrected chi connectivity index (χ0v) is 17.4. The summed E-state index contributed by atoms with van der Waals surface area (Å²) in [4.78, 5) is 14.5. The largest absolute Gasteiger partial charge is 0.486 e. The average Bonchev–Trinajstić information content (AvgIpc) is 3.34. The Bertz CT molecular complexity index is 1210. The number of nitrogens with zero attached hydrogens (tertiary/aromatic N) is 2. The van der Waals surface area contributed by atoms with Gasteiger partial charge in [0.25, 0.3) is 5.91 Å². The number of benzene rings is 2. The highest BCUT2D eigenvalue weighted by atomic mass is 32.1. The van der Waals surface area contributed by atoms with Crippen LogP contribution in [0.2, 0.25) is 0 Å². The maximum Gasteiger partial charge on any atom is 0.261 e. The van der Waals surface area contributed by atoms with E-state index in [2.05, 4.69) is 22.5 Å². The van der Waals surface area contributed by atoms with Crippen LogP contribution in [0.3, 0.4) is 0 Å². The van der Waals surface area contributed by atoms with E-state index < -0.39 is 0 Å². The molecule has 0 saturated carbocycles. The molecule has 5 rings (SSSR count). The zero-order valence-electron chi connectivity index (χ0n) is 16.6. The van der Waals surface area contributed by atoms with E-state index in [4.69, 9.17) is 9.47 Å². The average molecular weight is 420 g/mol. The van der Waals surface area contributed by atoms with Crippen LogP contribution in [0.25, 0.3) is 10.2 Å². The van der Waals surface area contributed by atoms with Gasteiger partial charge in [-0.25, -0.2) is 0 Å². The predicted molar refractivity (Wildman–Crippen MR) is 116 cm³/mol. The second-order valence-corrected chi connectivity index (χ2v) is 8.25. The highest BCUT2D eigenvalue weighted by Crippen LogP contribution is 2.31. The molecule has 0 unspecified atom stereocenters. The molecule has 3 heterocycles. The lowest BCUT2D eigenvalue weighted by Crippen LogP contribution is -2.22. The number of carbonyl (C=O) groups excluding carboxylic acids is 1. The van der Waals surface area contributed by atoms with Crippen molar-refractivity contribution in [2.45, 2.75) is 20.0 Å². The van der Waals surface area contributed by atoms with Crippen molar-refractivity contribution in [1.82, 2.24) is 15.1 Å². The van der Waals surface area contributed by atoms with Gasteiger partial charge in [-0.15, -0.1) is 11.3 Å². The molecule has 0 atom stereocenters. The number of nitrogens with one attached hydrogen (secondary N) is 1. The molecule has 152 valence electrons. The minimum atomic E-state index is -0.0863. The number of aryl methyl sites for hydroxylation is 1. The molecule has 0 spiro atoms. The SMILES string of the molecule is Cc1nn(Cc2ccccc2)c2sc(C(=O)NCc3ccc4c(c3)OCCO4)cc12. The molecule has 0 saturated heterocycles. The summed E-state index contributed by atoms with van der Waals surface area (Å²) >= 11 is 1.47. The number of amides is 1. The first kappa shape index (κ1) is 18.7. The third kappa shape index (κ3) is 3.64. The highest BCUT2D eigenvalue weighted by molar-refractivity contribution is 7.20. The lowest BCUT2D eigenvalue weighted by Gasteiger charge is -2.18. The first-order valence-corrected chi connectivity index (χ1v) is 10.7. The molecule has 2 aromatic heterocycles. The standard InChI is InChI=1S/C23H21N3O3S/c1-15-18-12-21(30-23(18)26(25-15)14-16-5-3-2-4-6-16)22(27)24-13-17-7-8-19-20(11-17)29-10-9-28-19/h2-8,11-12H,9-10,13-14H2,1H3,(H,24,27). The Morgan fingerprint density at radius 3 is 2.70 bits per heavy atom. The monoisotopic (exact) mass is 419 g/mol. The predicted octanol–water partition coefficient (Wildman–Crippen LogP) is 4.16. The van der Waals surface area contributed by atoms with Gasteiger partial charge < -0.3 is 14.8 Å². The zero-order chi connectivity index (χ0) is 20.5. The van der Waals surface area contributed by atoms with Crippen LogP contribution in [0.15, 0.2) is 54.6 Å². The van der Waals surface area contributed by atoms with Crippen LogP contribution in [-0.2, 0) is 13.1 Å². The molecule has 0 aliphatic carbocycles. The lowest BCUT2D eigenvalue weighted by atomic mass is 10.2. The number of thiophene rings is 1. The molecule has 1 N–H and O–H groups in total. The third-order valence-electron chi connectivity index (χ3n) is 5.07. The first-order chi connectivity index (χ1) is 14.7. The second-order valence-electron chi connectivity index (χ2n) is 7.22. The molecule has 2 aromatic carbocycles. The molecule has 7 heteroatoms. The van der Waals surface area contributed by atoms with Crippen molar-refractivity contribution in [3.8, 4) is 11.5 Å². The summed E-state index contributed by atoms with van der Waals surface area (Å²) in [7, 11) is 0. The van der Waals surface area contributed by atoms with E-state index in [1.165, 1.54) is 16.9 Å². The van der Waals surface area contributed by atoms with Crippen LogP contribution in [-0.4, -0.2) is 28.9 Å². The van der Waals surface area contributed by atoms with Crippen LogP contribution >= 0.6 is 11.3 Å². The molecule has 6 nitrogen and oxygen atoms in total. The molecule has 0 fully saturated rings. The maximum absolute atomic E-state index is 12.8. The van der Waals surface area contributed by atoms with E-state index in [0.29, 0.717) is 31.2 Å². The Balaban J connectivity index is 1.32. The Morgan fingerprint density at radius 1 is 1.07 bits per heavy atom. The van der Waals surface area contributed by atoms with E-state index in [0.717, 1.165) is 33.0 Å². The minimum absolute atomic E-state index is 0.0863. The number of rotatable bonds is 5. The fourth-order valence-electron chi connectivity index (χ4n) is 3.56. The summed E-state index contributed by atoms with van der Waals surface area (Å²) in [6.45, 7) is 4.20. The summed E-state index contributed by atoms with van der Waals surface area (Å²) in [6.07, 6.45) is 0. The Hall–Kier alpha value is -3.32. The summed E-state index contributed by atoms with van der Waals surface area (Å²) < 4.78 is 13.1. The van der Waals surface area contributed by atoms with Crippen LogP contribution in [0.1, 0.15) is 26.5 Å². The normalized spacial score (nSPS) is 12.8. The summed E-state index contributed by atoms with van der Waals surface area (Å²) in [5, 5.41) is 8.68. The van der Waals surface area contributed by atoms with Crippen molar-refractivity contribution in [2.75, 3.05) is 13.2 Å². The van der Waals surface area contributed by atoms with E-state index >= 15 is 0 Å². The van der Waals surface area contributed by atoms with E-state index in [1.807, 2.05) is 54.1 Å². The Labute approximate surface area is 178 Å². The van der Waals surface area contributed by atoms with Gasteiger partial charge in [-0.05, 0) is 36.2 Å². The molecule has 1 amide bonds. The lowest BCUT2D eigenvalue weighted by molar-refractivity contribution is 0.0955. The van der Waals surface area contributed by atoms with Crippen LogP contribution < -0.4 is 14.8 Å². The number of carbonyl (C=O) groups is 1. The molecule has 1 aliphatic rings. The fraction of sp³-hybridized carbons (Fsp3) is 0.217. The molecule has 30 heavy (non-hydrogen) atoms. The minimum Gasteiger partial charge on any atom is -0.486 e. The number of ether oxygens (including phenoxy) is 2. The molecule has 0 bridgehead atoms. The van der Waals surface area contributed by atoms with Gasteiger partial charge in [-0.3, -0.25) is 9.48 Å². The van der Waals surface area contributed by atoms with Crippen molar-refractivity contribution in [3.63, 3.8) is 0 Å². The van der Waals surface area contributed by atoms with Crippen LogP contribution in [0, 0.1) is 6.92 Å². The molecule has 1 aliphatic heterocycles. The van der Waals surface area contributed by atoms with Crippen LogP contribution in [0.5, 0.6) is 11.5 Å². The van der Waals surface area contributed by atoms with E-state index in [9.17, 15) is 4.79 Å². The fourth-order valence-corrected chi connectivity index (χ4v) is 4.63. The van der Waals surface area contributed by atoms with Gasteiger partial charge in [0.05, 0.1) is 17.1 Å². The van der Waals surface area contributed by atoms with E-state index in [1.54, 1.807) is 0 Å². The number of hydrogen-bond acceptors (Lipinski definition) is 5. The second kappa shape index (κ2) is 7.84. The van der Waals surface area contributed by atoms with Gasteiger partial charge in [0.15, 0.2) is 11.5 Å². The summed E-state index contributed by atoms with van der Waals surface area (Å²) in [5.41, 5.74) is 3.09. The van der Waals surface area contributed by atoms with Crippen molar-refractivity contribution < 1.29 is 14.3 Å².